The molecular weight excluding hydrogens is 154 g/mol. The molecule has 0 atom stereocenters. The van der Waals surface area contributed by atoms with Gasteiger partial charge in [-0.1, -0.05) is 6.07 Å². The topological polar surface area (TPSA) is 39.2 Å². The summed E-state index contributed by atoms with van der Waals surface area (Å²) in [6.07, 6.45) is 4.68. The van der Waals surface area contributed by atoms with Crippen LogP contribution in [-0.2, 0) is 9.53 Å². The zero-order valence-corrected chi connectivity index (χ0v) is 6.86. The molecule has 0 saturated carbocycles. The van der Waals surface area contributed by atoms with Crippen LogP contribution in [0.1, 0.15) is 12.5 Å². The molecule has 0 aliphatic rings. The van der Waals surface area contributed by atoms with E-state index in [1.165, 1.54) is 6.42 Å². The zero-order chi connectivity index (χ0) is 8.81. The predicted octanol–water partition coefficient (Wildman–Crippen LogP) is 1.20. The van der Waals surface area contributed by atoms with Gasteiger partial charge in [0.25, 0.3) is 0 Å². The molecule has 0 fully saturated rings. The molecule has 0 aliphatic carbocycles. The Labute approximate surface area is 71.4 Å². The molecule has 1 radical (unpaired) electrons. The highest BCUT2D eigenvalue weighted by molar-refractivity contribution is 5.82. The van der Waals surface area contributed by atoms with Crippen LogP contribution in [0.15, 0.2) is 24.5 Å². The Balaban J connectivity index is 2.47. The fourth-order valence-corrected chi connectivity index (χ4v) is 0.781. The van der Waals surface area contributed by atoms with Crippen molar-refractivity contribution in [3.05, 3.63) is 36.5 Å². The van der Waals surface area contributed by atoms with Gasteiger partial charge < -0.3 is 4.74 Å². The second-order valence-corrected chi connectivity index (χ2v) is 2.18. The van der Waals surface area contributed by atoms with Gasteiger partial charge in [-0.2, -0.15) is 0 Å². The van der Waals surface area contributed by atoms with Crippen molar-refractivity contribution in [3.63, 3.8) is 0 Å². The van der Waals surface area contributed by atoms with Crippen LogP contribution in [0, 0.1) is 6.42 Å². The monoisotopic (exact) mass is 164 g/mol. The van der Waals surface area contributed by atoms with Crippen LogP contribution in [-0.4, -0.2) is 17.6 Å². The number of nitrogens with zero attached hydrogens (tertiary/aromatic N) is 1. The molecule has 63 valence electrons. The second kappa shape index (κ2) is 4.49. The molecule has 0 saturated heterocycles. The summed E-state index contributed by atoms with van der Waals surface area (Å²) in [6, 6.07) is 3.56. The Bertz CT molecular complexity index is 246. The first-order valence-corrected chi connectivity index (χ1v) is 3.74. The van der Waals surface area contributed by atoms with Gasteiger partial charge in [0, 0.05) is 12.4 Å². The van der Waals surface area contributed by atoms with Crippen molar-refractivity contribution >= 4 is 5.97 Å². The molecule has 3 heteroatoms. The summed E-state index contributed by atoms with van der Waals surface area (Å²) < 4.78 is 4.72. The number of esters is 1. The average molecular weight is 164 g/mol. The third-order valence-corrected chi connectivity index (χ3v) is 1.26. The first-order valence-electron chi connectivity index (χ1n) is 3.74. The Morgan fingerprint density at radius 3 is 3.17 bits per heavy atom. The molecule has 0 bridgehead atoms. The maximum absolute atomic E-state index is 10.9. The predicted molar refractivity (Wildman–Crippen MR) is 44.3 cm³/mol. The zero-order valence-electron chi connectivity index (χ0n) is 6.86. The fourth-order valence-electron chi connectivity index (χ4n) is 0.781. The van der Waals surface area contributed by atoms with Crippen LogP contribution >= 0.6 is 0 Å². The van der Waals surface area contributed by atoms with Crippen molar-refractivity contribution in [1.29, 1.82) is 0 Å². The summed E-state index contributed by atoms with van der Waals surface area (Å²) >= 11 is 0. The molecule has 1 rings (SSSR count). The Kier molecular flexibility index (Phi) is 3.26. The van der Waals surface area contributed by atoms with E-state index in [-0.39, 0.29) is 5.97 Å². The Morgan fingerprint density at radius 1 is 1.75 bits per heavy atom. The van der Waals surface area contributed by atoms with Gasteiger partial charge in [0.05, 0.1) is 6.61 Å². The van der Waals surface area contributed by atoms with Crippen LogP contribution in [0.5, 0.6) is 0 Å². The van der Waals surface area contributed by atoms with Crippen LogP contribution in [0.3, 0.4) is 0 Å². The summed E-state index contributed by atoms with van der Waals surface area (Å²) in [5.74, 6) is -0.328. The molecule has 0 amide bonds. The molecule has 1 aromatic rings. The fraction of sp³-hybridized carbons (Fsp3) is 0.222. The van der Waals surface area contributed by atoms with E-state index in [1.54, 1.807) is 31.5 Å². The minimum absolute atomic E-state index is 0.328. The molecule has 1 aromatic heterocycles. The highest BCUT2D eigenvalue weighted by atomic mass is 16.5. The van der Waals surface area contributed by atoms with Crippen molar-refractivity contribution in [3.8, 4) is 0 Å². The van der Waals surface area contributed by atoms with Crippen molar-refractivity contribution in [1.82, 2.24) is 4.98 Å². The molecule has 12 heavy (non-hydrogen) atoms. The molecule has 3 nitrogen and oxygen atoms in total. The van der Waals surface area contributed by atoms with Crippen LogP contribution in [0.25, 0.3) is 0 Å². The third kappa shape index (κ3) is 2.70. The summed E-state index contributed by atoms with van der Waals surface area (Å²) in [4.78, 5) is 14.8. The summed E-state index contributed by atoms with van der Waals surface area (Å²) in [5.41, 5.74) is 0.760. The van der Waals surface area contributed by atoms with E-state index >= 15 is 0 Å². The van der Waals surface area contributed by atoms with Crippen molar-refractivity contribution < 1.29 is 9.53 Å². The van der Waals surface area contributed by atoms with Gasteiger partial charge in [0.15, 0.2) is 0 Å². The average Bonchev–Trinajstić information content (AvgIpc) is 2.06. The van der Waals surface area contributed by atoms with Crippen LogP contribution in [0.2, 0.25) is 0 Å². The summed E-state index contributed by atoms with van der Waals surface area (Å²) in [6.45, 7) is 2.17. The molecule has 0 N–H and O–H groups in total. The van der Waals surface area contributed by atoms with Gasteiger partial charge in [0.2, 0.25) is 0 Å². The van der Waals surface area contributed by atoms with Gasteiger partial charge in [-0.25, -0.2) is 0 Å². The highest BCUT2D eigenvalue weighted by Gasteiger charge is 2.02. The quantitative estimate of drug-likeness (QED) is 0.630. The third-order valence-electron chi connectivity index (χ3n) is 1.26. The van der Waals surface area contributed by atoms with Crippen LogP contribution in [0.4, 0.5) is 0 Å². The molecule has 1 heterocycles. The lowest BCUT2D eigenvalue weighted by atomic mass is 10.2. The molecule has 0 spiro atoms. The Morgan fingerprint density at radius 2 is 2.58 bits per heavy atom. The van der Waals surface area contributed by atoms with Crippen molar-refractivity contribution in [2.24, 2.45) is 0 Å². The number of pyridine rings is 1. The van der Waals surface area contributed by atoms with E-state index in [2.05, 4.69) is 4.98 Å². The smallest absolute Gasteiger partial charge is 0.314 e. The second-order valence-electron chi connectivity index (χ2n) is 2.18. The lowest BCUT2D eigenvalue weighted by Gasteiger charge is -1.99. The number of carbonyl (C=O) groups is 1. The lowest BCUT2D eigenvalue weighted by Crippen LogP contribution is -2.05. The molecular formula is C9H10NO2. The Hall–Kier alpha value is -1.38. The van der Waals surface area contributed by atoms with E-state index in [1.807, 2.05) is 0 Å². The van der Waals surface area contributed by atoms with E-state index in [0.29, 0.717) is 6.61 Å². The van der Waals surface area contributed by atoms with Crippen LogP contribution < -0.4 is 0 Å². The van der Waals surface area contributed by atoms with Gasteiger partial charge in [-0.05, 0) is 18.6 Å². The van der Waals surface area contributed by atoms with Gasteiger partial charge >= 0.3 is 5.97 Å². The molecule has 0 aliphatic heterocycles. The van der Waals surface area contributed by atoms with E-state index in [4.69, 9.17) is 4.74 Å². The lowest BCUT2D eigenvalue weighted by molar-refractivity contribution is -0.138. The standard InChI is InChI=1S/C9H10NO2/c1-2-12-9(11)6-8-4-3-5-10-7-8/h3-7H,2H2,1H3. The normalized spacial score (nSPS) is 9.42. The minimum Gasteiger partial charge on any atom is -0.465 e. The maximum atomic E-state index is 10.9. The van der Waals surface area contributed by atoms with Gasteiger partial charge in [0.1, 0.15) is 6.42 Å². The molecule has 0 unspecified atom stereocenters. The first kappa shape index (κ1) is 8.71. The maximum Gasteiger partial charge on any atom is 0.314 e. The number of hydrogen-bond acceptors (Lipinski definition) is 3. The summed E-state index contributed by atoms with van der Waals surface area (Å²) in [5, 5.41) is 0. The van der Waals surface area contributed by atoms with E-state index < -0.39 is 0 Å². The van der Waals surface area contributed by atoms with E-state index in [9.17, 15) is 4.79 Å². The number of carbonyl (C=O) groups excluding carboxylic acids is 1. The van der Waals surface area contributed by atoms with E-state index in [0.717, 1.165) is 5.56 Å². The molecule has 0 aromatic carbocycles. The minimum atomic E-state index is -0.328. The SMILES string of the molecule is CCOC(=O)[CH]c1cccnc1. The largest absolute Gasteiger partial charge is 0.465 e. The van der Waals surface area contributed by atoms with Crippen molar-refractivity contribution in [2.45, 2.75) is 6.92 Å². The highest BCUT2D eigenvalue weighted by Crippen LogP contribution is 2.00. The number of rotatable bonds is 3. The van der Waals surface area contributed by atoms with Gasteiger partial charge in [-0.15, -0.1) is 0 Å². The first-order chi connectivity index (χ1) is 5.83. The number of aromatic nitrogens is 1. The van der Waals surface area contributed by atoms with Gasteiger partial charge in [-0.3, -0.25) is 9.78 Å². The summed E-state index contributed by atoms with van der Waals surface area (Å²) in [7, 11) is 0. The van der Waals surface area contributed by atoms with Crippen molar-refractivity contribution in [2.75, 3.05) is 6.61 Å². The number of hydrogen-bond donors (Lipinski definition) is 0. The number of ether oxygens (including phenoxy) is 1.